The highest BCUT2D eigenvalue weighted by atomic mass is 16.6. The van der Waals surface area contributed by atoms with E-state index in [1.54, 1.807) is 0 Å². The van der Waals surface area contributed by atoms with Crippen LogP contribution >= 0.6 is 0 Å². The van der Waals surface area contributed by atoms with Crippen LogP contribution in [0.5, 0.6) is 0 Å². The summed E-state index contributed by atoms with van der Waals surface area (Å²) in [5, 5.41) is 0. The van der Waals surface area contributed by atoms with Crippen LogP contribution in [0.15, 0.2) is 0 Å². The Kier molecular flexibility index (Phi) is 2.63. The van der Waals surface area contributed by atoms with Crippen LogP contribution < -0.4 is 0 Å². The molecule has 1 aliphatic carbocycles. The van der Waals surface area contributed by atoms with Crippen molar-refractivity contribution in [3.63, 3.8) is 0 Å². The van der Waals surface area contributed by atoms with Crippen molar-refractivity contribution in [3.05, 3.63) is 0 Å². The normalized spacial score (nSPS) is 30.5. The lowest BCUT2D eigenvalue weighted by atomic mass is 10.2. The van der Waals surface area contributed by atoms with Gasteiger partial charge in [-0.15, -0.1) is 0 Å². The highest BCUT2D eigenvalue weighted by molar-refractivity contribution is 5.69. The molecular formula is C11H19NO3. The lowest BCUT2D eigenvalue weighted by molar-refractivity contribution is 0.0228. The molecule has 4 nitrogen and oxygen atoms in total. The first-order chi connectivity index (χ1) is 6.97. The third-order valence-electron chi connectivity index (χ3n) is 2.60. The molecule has 86 valence electrons. The Labute approximate surface area is 90.5 Å². The van der Waals surface area contributed by atoms with Crippen LogP contribution in [-0.4, -0.2) is 41.9 Å². The van der Waals surface area contributed by atoms with Crippen molar-refractivity contribution >= 4 is 6.09 Å². The van der Waals surface area contributed by atoms with Gasteiger partial charge in [-0.3, -0.25) is 0 Å². The van der Waals surface area contributed by atoms with Crippen molar-refractivity contribution in [1.29, 1.82) is 0 Å². The van der Waals surface area contributed by atoms with Gasteiger partial charge >= 0.3 is 6.09 Å². The number of amides is 1. The quantitative estimate of drug-likeness (QED) is 0.615. The van der Waals surface area contributed by atoms with E-state index in [-0.39, 0.29) is 18.2 Å². The molecule has 2 rings (SSSR count). The Morgan fingerprint density at radius 1 is 1.47 bits per heavy atom. The minimum absolute atomic E-state index is 0.194. The largest absolute Gasteiger partial charge is 0.444 e. The van der Waals surface area contributed by atoms with Gasteiger partial charge in [0.05, 0.1) is 12.1 Å². The number of rotatable bonds is 0. The molecule has 1 aliphatic heterocycles. The summed E-state index contributed by atoms with van der Waals surface area (Å²) in [7, 11) is 0. The molecule has 0 aromatic carbocycles. The van der Waals surface area contributed by atoms with Crippen LogP contribution in [0.1, 0.15) is 33.6 Å². The number of hydrogen-bond acceptors (Lipinski definition) is 3. The molecule has 1 saturated heterocycles. The van der Waals surface area contributed by atoms with Crippen molar-refractivity contribution in [2.24, 2.45) is 0 Å². The van der Waals surface area contributed by atoms with E-state index < -0.39 is 5.60 Å². The number of fused-ring (bicyclic) bond motifs is 1. The molecule has 1 saturated carbocycles. The highest BCUT2D eigenvalue weighted by Crippen LogP contribution is 2.34. The van der Waals surface area contributed by atoms with E-state index in [0.29, 0.717) is 0 Å². The van der Waals surface area contributed by atoms with E-state index in [2.05, 4.69) is 0 Å². The van der Waals surface area contributed by atoms with Crippen molar-refractivity contribution < 1.29 is 14.3 Å². The van der Waals surface area contributed by atoms with Gasteiger partial charge in [-0.05, 0) is 33.6 Å². The monoisotopic (exact) mass is 213 g/mol. The lowest BCUT2D eigenvalue weighted by Gasteiger charge is -2.26. The second-order valence-corrected chi connectivity index (χ2v) is 5.24. The predicted molar refractivity (Wildman–Crippen MR) is 55.7 cm³/mol. The fraction of sp³-hybridized carbons (Fsp3) is 0.909. The third kappa shape index (κ3) is 2.62. The van der Waals surface area contributed by atoms with E-state index in [4.69, 9.17) is 9.47 Å². The second-order valence-electron chi connectivity index (χ2n) is 5.24. The molecule has 2 fully saturated rings. The molecule has 0 radical (unpaired) electrons. The summed E-state index contributed by atoms with van der Waals surface area (Å²) in [6.07, 6.45) is 1.95. The second kappa shape index (κ2) is 3.67. The van der Waals surface area contributed by atoms with Gasteiger partial charge in [-0.2, -0.15) is 0 Å². The summed E-state index contributed by atoms with van der Waals surface area (Å²) in [6, 6.07) is 0.266. The SMILES string of the molecule is CC(C)(C)OC(=O)N1CCCOC2CC21. The first kappa shape index (κ1) is 10.7. The van der Waals surface area contributed by atoms with Crippen LogP contribution in [0.4, 0.5) is 4.79 Å². The molecule has 1 amide bonds. The van der Waals surface area contributed by atoms with Gasteiger partial charge < -0.3 is 14.4 Å². The number of carbonyl (C=O) groups is 1. The van der Waals surface area contributed by atoms with Gasteiger partial charge in [0, 0.05) is 13.2 Å². The van der Waals surface area contributed by atoms with E-state index in [0.717, 1.165) is 26.0 Å². The van der Waals surface area contributed by atoms with Crippen LogP contribution in [-0.2, 0) is 9.47 Å². The minimum Gasteiger partial charge on any atom is -0.444 e. The first-order valence-corrected chi connectivity index (χ1v) is 5.58. The van der Waals surface area contributed by atoms with E-state index in [9.17, 15) is 4.79 Å². The van der Waals surface area contributed by atoms with Gasteiger partial charge in [0.25, 0.3) is 0 Å². The van der Waals surface area contributed by atoms with Crippen LogP contribution in [0.25, 0.3) is 0 Å². The summed E-state index contributed by atoms with van der Waals surface area (Å²) in [5.41, 5.74) is -0.408. The Morgan fingerprint density at radius 2 is 2.20 bits per heavy atom. The highest BCUT2D eigenvalue weighted by Gasteiger charge is 2.47. The Hall–Kier alpha value is -0.770. The van der Waals surface area contributed by atoms with Crippen LogP contribution in [0.3, 0.4) is 0 Å². The van der Waals surface area contributed by atoms with Crippen molar-refractivity contribution in [1.82, 2.24) is 4.90 Å². The molecule has 0 bridgehead atoms. The fourth-order valence-corrected chi connectivity index (χ4v) is 1.85. The summed E-state index contributed by atoms with van der Waals surface area (Å²) >= 11 is 0. The lowest BCUT2D eigenvalue weighted by Crippen LogP contribution is -2.39. The smallest absolute Gasteiger partial charge is 0.410 e. The van der Waals surface area contributed by atoms with Crippen molar-refractivity contribution in [3.8, 4) is 0 Å². The average Bonchev–Trinajstić information content (AvgIpc) is 2.75. The Morgan fingerprint density at radius 3 is 2.87 bits per heavy atom. The number of ether oxygens (including phenoxy) is 2. The zero-order chi connectivity index (χ0) is 11.1. The summed E-state index contributed by atoms with van der Waals surface area (Å²) < 4.78 is 10.9. The van der Waals surface area contributed by atoms with Crippen LogP contribution in [0.2, 0.25) is 0 Å². The molecule has 4 heteroatoms. The van der Waals surface area contributed by atoms with Gasteiger partial charge in [-0.25, -0.2) is 4.79 Å². The molecule has 2 atom stereocenters. The minimum atomic E-state index is -0.408. The maximum Gasteiger partial charge on any atom is 0.410 e. The van der Waals surface area contributed by atoms with Gasteiger partial charge in [0.1, 0.15) is 5.60 Å². The van der Waals surface area contributed by atoms with Crippen molar-refractivity contribution in [2.75, 3.05) is 13.2 Å². The molecule has 0 aromatic heterocycles. The Balaban J connectivity index is 1.94. The molecule has 0 N–H and O–H groups in total. The number of hydrogen-bond donors (Lipinski definition) is 0. The summed E-state index contributed by atoms with van der Waals surface area (Å²) in [5.74, 6) is 0. The zero-order valence-electron chi connectivity index (χ0n) is 9.66. The van der Waals surface area contributed by atoms with E-state index in [1.165, 1.54) is 0 Å². The van der Waals surface area contributed by atoms with Gasteiger partial charge in [0.2, 0.25) is 0 Å². The maximum absolute atomic E-state index is 11.9. The standard InChI is InChI=1S/C11H19NO3/c1-11(2,3)15-10(13)12-5-4-6-14-9-7-8(9)12/h8-9H,4-7H2,1-3H3. The maximum atomic E-state index is 11.9. The van der Waals surface area contributed by atoms with Gasteiger partial charge in [0.15, 0.2) is 0 Å². The van der Waals surface area contributed by atoms with E-state index >= 15 is 0 Å². The topological polar surface area (TPSA) is 38.8 Å². The third-order valence-corrected chi connectivity index (χ3v) is 2.60. The molecule has 0 aromatic rings. The molecule has 1 heterocycles. The number of nitrogens with zero attached hydrogens (tertiary/aromatic N) is 1. The molecular weight excluding hydrogens is 194 g/mol. The number of carbonyl (C=O) groups excluding carboxylic acids is 1. The molecule has 15 heavy (non-hydrogen) atoms. The molecule has 2 unspecified atom stereocenters. The molecule has 0 spiro atoms. The predicted octanol–water partition coefficient (Wildman–Crippen LogP) is 1.78. The fourth-order valence-electron chi connectivity index (χ4n) is 1.85. The summed E-state index contributed by atoms with van der Waals surface area (Å²) in [6.45, 7) is 7.20. The van der Waals surface area contributed by atoms with Crippen molar-refractivity contribution in [2.45, 2.75) is 51.4 Å². The molecule has 2 aliphatic rings. The summed E-state index contributed by atoms with van der Waals surface area (Å²) in [4.78, 5) is 13.7. The van der Waals surface area contributed by atoms with E-state index in [1.807, 2.05) is 25.7 Å². The first-order valence-electron chi connectivity index (χ1n) is 5.58. The average molecular weight is 213 g/mol. The zero-order valence-corrected chi connectivity index (χ0v) is 9.66. The Bertz CT molecular complexity index is 259. The van der Waals surface area contributed by atoms with Crippen LogP contribution in [0, 0.1) is 0 Å². The van der Waals surface area contributed by atoms with Gasteiger partial charge in [-0.1, -0.05) is 0 Å².